The van der Waals surface area contributed by atoms with Crippen molar-refractivity contribution in [2.24, 2.45) is 5.73 Å². The van der Waals surface area contributed by atoms with Crippen molar-refractivity contribution in [2.75, 3.05) is 18.4 Å². The van der Waals surface area contributed by atoms with Crippen molar-refractivity contribution < 1.29 is 0 Å². The van der Waals surface area contributed by atoms with Crippen LogP contribution in [-0.2, 0) is 6.54 Å². The third kappa shape index (κ3) is 3.64. The van der Waals surface area contributed by atoms with E-state index in [1.54, 1.807) is 6.08 Å². The molecule has 0 saturated carbocycles. The molecule has 96 valence electrons. The van der Waals surface area contributed by atoms with Crippen LogP contribution < -0.4 is 11.1 Å². The van der Waals surface area contributed by atoms with Crippen molar-refractivity contribution in [3.8, 4) is 0 Å². The van der Waals surface area contributed by atoms with Gasteiger partial charge in [-0.25, -0.2) is 0 Å². The summed E-state index contributed by atoms with van der Waals surface area (Å²) < 4.78 is 0. The predicted octanol–water partition coefficient (Wildman–Crippen LogP) is 2.68. The highest BCUT2D eigenvalue weighted by Crippen LogP contribution is 2.16. The van der Waals surface area contributed by atoms with E-state index in [2.05, 4.69) is 41.1 Å². The van der Waals surface area contributed by atoms with Crippen molar-refractivity contribution >= 4 is 5.69 Å². The normalized spacial score (nSPS) is 16.2. The van der Waals surface area contributed by atoms with Gasteiger partial charge in [0.25, 0.3) is 0 Å². The van der Waals surface area contributed by atoms with Crippen LogP contribution in [0.3, 0.4) is 0 Å². The molecule has 1 aliphatic rings. The molecule has 0 amide bonds. The fourth-order valence-corrected chi connectivity index (χ4v) is 2.24. The minimum atomic E-state index is 0.796. The van der Waals surface area contributed by atoms with Gasteiger partial charge in [-0.1, -0.05) is 18.7 Å². The van der Waals surface area contributed by atoms with Crippen molar-refractivity contribution in [1.82, 2.24) is 4.90 Å². The number of hydrogen-bond donors (Lipinski definition) is 2. The molecule has 3 nitrogen and oxygen atoms in total. The van der Waals surface area contributed by atoms with E-state index in [0.29, 0.717) is 0 Å². The molecule has 1 fully saturated rings. The SMILES string of the molecule is C=C(/C=C/N)Nc1ccc(CN2CCCC2)cc1. The van der Waals surface area contributed by atoms with Crippen LogP contribution in [0.25, 0.3) is 0 Å². The van der Waals surface area contributed by atoms with Crippen LogP contribution in [0.1, 0.15) is 18.4 Å². The molecule has 18 heavy (non-hydrogen) atoms. The lowest BCUT2D eigenvalue weighted by atomic mass is 10.2. The molecular weight excluding hydrogens is 222 g/mol. The quantitative estimate of drug-likeness (QED) is 0.781. The van der Waals surface area contributed by atoms with Gasteiger partial charge in [-0.2, -0.15) is 0 Å². The maximum atomic E-state index is 5.31. The van der Waals surface area contributed by atoms with Crippen molar-refractivity contribution in [2.45, 2.75) is 19.4 Å². The summed E-state index contributed by atoms with van der Waals surface area (Å²) >= 11 is 0. The second kappa shape index (κ2) is 6.26. The summed E-state index contributed by atoms with van der Waals surface area (Å²) in [5, 5.41) is 3.19. The molecule has 0 unspecified atom stereocenters. The van der Waals surface area contributed by atoms with Crippen LogP contribution in [0.2, 0.25) is 0 Å². The molecule has 0 aliphatic carbocycles. The van der Waals surface area contributed by atoms with Crippen molar-refractivity contribution in [1.29, 1.82) is 0 Å². The predicted molar refractivity (Wildman–Crippen MR) is 77.0 cm³/mol. The van der Waals surface area contributed by atoms with Crippen LogP contribution in [0.4, 0.5) is 5.69 Å². The van der Waals surface area contributed by atoms with E-state index in [1.807, 2.05) is 0 Å². The van der Waals surface area contributed by atoms with Crippen LogP contribution >= 0.6 is 0 Å². The average molecular weight is 243 g/mol. The van der Waals surface area contributed by atoms with Crippen molar-refractivity contribution in [3.05, 3.63) is 54.4 Å². The zero-order chi connectivity index (χ0) is 12.8. The van der Waals surface area contributed by atoms with Gasteiger partial charge in [0.2, 0.25) is 0 Å². The minimum Gasteiger partial charge on any atom is -0.405 e. The Bertz CT molecular complexity index is 414. The lowest BCUT2D eigenvalue weighted by Crippen LogP contribution is -2.18. The second-order valence-electron chi connectivity index (χ2n) is 4.69. The van der Waals surface area contributed by atoms with Gasteiger partial charge in [-0.3, -0.25) is 4.90 Å². The molecule has 0 aromatic heterocycles. The highest BCUT2D eigenvalue weighted by molar-refractivity contribution is 5.50. The first-order chi connectivity index (χ1) is 8.78. The number of rotatable bonds is 5. The molecule has 3 heteroatoms. The summed E-state index contributed by atoms with van der Waals surface area (Å²) in [6.07, 6.45) is 5.91. The van der Waals surface area contributed by atoms with Crippen LogP contribution in [0.5, 0.6) is 0 Å². The number of benzene rings is 1. The molecule has 1 saturated heterocycles. The van der Waals surface area contributed by atoms with Gasteiger partial charge in [0, 0.05) is 17.9 Å². The van der Waals surface area contributed by atoms with Crippen LogP contribution in [-0.4, -0.2) is 18.0 Å². The van der Waals surface area contributed by atoms with Gasteiger partial charge in [0.05, 0.1) is 0 Å². The summed E-state index contributed by atoms with van der Waals surface area (Å²) in [5.41, 5.74) is 8.52. The van der Waals surface area contributed by atoms with Gasteiger partial charge in [-0.05, 0) is 55.9 Å². The van der Waals surface area contributed by atoms with Crippen molar-refractivity contribution in [3.63, 3.8) is 0 Å². The first kappa shape index (κ1) is 12.7. The number of nitrogens with zero attached hydrogens (tertiary/aromatic N) is 1. The molecule has 3 N–H and O–H groups in total. The Labute approximate surface area is 109 Å². The molecule has 0 bridgehead atoms. The number of hydrogen-bond acceptors (Lipinski definition) is 3. The van der Waals surface area contributed by atoms with Crippen LogP contribution in [0.15, 0.2) is 48.8 Å². The number of nitrogens with two attached hydrogens (primary N) is 1. The summed E-state index contributed by atoms with van der Waals surface area (Å²) in [4.78, 5) is 2.50. The topological polar surface area (TPSA) is 41.3 Å². The monoisotopic (exact) mass is 243 g/mol. The summed E-state index contributed by atoms with van der Waals surface area (Å²) in [7, 11) is 0. The Morgan fingerprint density at radius 3 is 2.56 bits per heavy atom. The lowest BCUT2D eigenvalue weighted by molar-refractivity contribution is 0.331. The van der Waals surface area contributed by atoms with E-state index < -0.39 is 0 Å². The maximum absolute atomic E-state index is 5.31. The summed E-state index contributed by atoms with van der Waals surface area (Å²) in [6, 6.07) is 8.50. The Kier molecular flexibility index (Phi) is 4.42. The first-order valence-corrected chi connectivity index (χ1v) is 6.43. The zero-order valence-corrected chi connectivity index (χ0v) is 10.7. The van der Waals surface area contributed by atoms with Gasteiger partial charge in [0.15, 0.2) is 0 Å². The maximum Gasteiger partial charge on any atom is 0.0384 e. The number of nitrogens with one attached hydrogen (secondary N) is 1. The van der Waals surface area contributed by atoms with E-state index in [4.69, 9.17) is 5.73 Å². The largest absolute Gasteiger partial charge is 0.405 e. The van der Waals surface area contributed by atoms with E-state index in [-0.39, 0.29) is 0 Å². The van der Waals surface area contributed by atoms with Gasteiger partial charge >= 0.3 is 0 Å². The number of likely N-dealkylation sites (tertiary alicyclic amines) is 1. The highest BCUT2D eigenvalue weighted by Gasteiger charge is 2.11. The molecule has 0 spiro atoms. The van der Waals surface area contributed by atoms with Gasteiger partial charge < -0.3 is 11.1 Å². The third-order valence-corrected chi connectivity index (χ3v) is 3.16. The fourth-order valence-electron chi connectivity index (χ4n) is 2.24. The molecule has 1 aromatic carbocycles. The average Bonchev–Trinajstić information content (AvgIpc) is 2.85. The summed E-state index contributed by atoms with van der Waals surface area (Å²) in [6.45, 7) is 7.39. The highest BCUT2D eigenvalue weighted by atomic mass is 15.1. The standard InChI is InChI=1S/C15H21N3/c1-13(8-9-16)17-15-6-4-14(5-7-15)12-18-10-2-3-11-18/h4-9,17H,1-3,10-12,16H2/b9-8+. The van der Waals surface area contributed by atoms with Gasteiger partial charge in [-0.15, -0.1) is 0 Å². The molecule has 1 aliphatic heterocycles. The van der Waals surface area contributed by atoms with Gasteiger partial charge in [0.1, 0.15) is 0 Å². The van der Waals surface area contributed by atoms with E-state index >= 15 is 0 Å². The molecule has 1 heterocycles. The second-order valence-corrected chi connectivity index (χ2v) is 4.69. The van der Waals surface area contributed by atoms with E-state index in [9.17, 15) is 0 Å². The Balaban J connectivity index is 1.90. The molecule has 0 radical (unpaired) electrons. The Morgan fingerprint density at radius 2 is 1.94 bits per heavy atom. The Morgan fingerprint density at radius 1 is 1.28 bits per heavy atom. The number of allylic oxidation sites excluding steroid dienone is 1. The fraction of sp³-hybridized carbons (Fsp3) is 0.333. The van der Waals surface area contributed by atoms with E-state index in [0.717, 1.165) is 17.9 Å². The molecule has 0 atom stereocenters. The Hall–Kier alpha value is -1.74. The number of anilines is 1. The lowest BCUT2D eigenvalue weighted by Gasteiger charge is -2.15. The molecule has 1 aromatic rings. The molecular formula is C15H21N3. The van der Waals surface area contributed by atoms with Crippen LogP contribution in [0, 0.1) is 0 Å². The van der Waals surface area contributed by atoms with E-state index in [1.165, 1.54) is 37.7 Å². The smallest absolute Gasteiger partial charge is 0.0384 e. The summed E-state index contributed by atoms with van der Waals surface area (Å²) in [5.74, 6) is 0. The molecule has 2 rings (SSSR count). The zero-order valence-electron chi connectivity index (χ0n) is 10.7. The third-order valence-electron chi connectivity index (χ3n) is 3.16. The minimum absolute atomic E-state index is 0.796. The first-order valence-electron chi connectivity index (χ1n) is 6.43.